The van der Waals surface area contributed by atoms with Crippen molar-refractivity contribution in [2.75, 3.05) is 13.1 Å². The third kappa shape index (κ3) is 6.32. The highest BCUT2D eigenvalue weighted by Crippen LogP contribution is 2.15. The molecule has 1 heterocycles. The first-order valence-corrected chi connectivity index (χ1v) is 8.88. The van der Waals surface area contributed by atoms with Crippen molar-refractivity contribution >= 4 is 11.9 Å². The molecular weight excluding hydrogens is 304 g/mol. The van der Waals surface area contributed by atoms with Gasteiger partial charge in [-0.1, -0.05) is 50.1 Å². The van der Waals surface area contributed by atoms with Crippen LogP contribution in [0, 0.1) is 5.92 Å². The molecule has 0 radical (unpaired) electrons. The predicted octanol–water partition coefficient (Wildman–Crippen LogP) is 3.04. The third-order valence-corrected chi connectivity index (χ3v) is 4.45. The molecule has 1 unspecified atom stereocenters. The summed E-state index contributed by atoms with van der Waals surface area (Å²) in [6.45, 7) is 3.85. The highest BCUT2D eigenvalue weighted by atomic mass is 16.5. The molecule has 0 bridgehead atoms. The molecule has 1 aliphatic rings. The van der Waals surface area contributed by atoms with Crippen LogP contribution < -0.4 is 10.6 Å². The monoisotopic (exact) mass is 332 g/mol. The third-order valence-electron chi connectivity index (χ3n) is 4.45. The zero-order chi connectivity index (χ0) is 17.2. The van der Waals surface area contributed by atoms with Crippen LogP contribution in [0.5, 0.6) is 0 Å². The number of ketones is 1. The van der Waals surface area contributed by atoms with Gasteiger partial charge in [-0.25, -0.2) is 4.79 Å². The van der Waals surface area contributed by atoms with E-state index in [0.29, 0.717) is 18.9 Å². The molecule has 1 saturated heterocycles. The number of ether oxygens (including phenoxy) is 1. The molecule has 1 aromatic rings. The molecule has 1 amide bonds. The molecule has 2 rings (SSSR count). The first-order valence-electron chi connectivity index (χ1n) is 8.88. The van der Waals surface area contributed by atoms with E-state index in [2.05, 4.69) is 10.6 Å². The van der Waals surface area contributed by atoms with Gasteiger partial charge in [-0.05, 0) is 31.4 Å². The molecule has 1 fully saturated rings. The molecule has 0 spiro atoms. The van der Waals surface area contributed by atoms with Crippen molar-refractivity contribution in [3.05, 3.63) is 35.9 Å². The van der Waals surface area contributed by atoms with E-state index in [1.165, 1.54) is 0 Å². The van der Waals surface area contributed by atoms with Gasteiger partial charge < -0.3 is 15.4 Å². The summed E-state index contributed by atoms with van der Waals surface area (Å²) in [5.74, 6) is 0.543. The topological polar surface area (TPSA) is 67.4 Å². The summed E-state index contributed by atoms with van der Waals surface area (Å²) < 4.78 is 5.15. The minimum atomic E-state index is -0.378. The van der Waals surface area contributed by atoms with Gasteiger partial charge in [0.25, 0.3) is 0 Å². The van der Waals surface area contributed by atoms with Gasteiger partial charge in [0.2, 0.25) is 0 Å². The van der Waals surface area contributed by atoms with Crippen LogP contribution in [0.4, 0.5) is 4.79 Å². The largest absolute Gasteiger partial charge is 0.445 e. The van der Waals surface area contributed by atoms with Crippen molar-refractivity contribution in [1.82, 2.24) is 10.6 Å². The molecule has 2 atom stereocenters. The van der Waals surface area contributed by atoms with Gasteiger partial charge >= 0.3 is 6.09 Å². The van der Waals surface area contributed by atoms with Crippen molar-refractivity contribution in [3.63, 3.8) is 0 Å². The first kappa shape index (κ1) is 18.5. The Morgan fingerprint density at radius 1 is 1.25 bits per heavy atom. The van der Waals surface area contributed by atoms with Crippen LogP contribution in [0.2, 0.25) is 0 Å². The Labute approximate surface area is 144 Å². The molecule has 132 valence electrons. The van der Waals surface area contributed by atoms with Crippen LogP contribution in [0.15, 0.2) is 30.3 Å². The number of piperidine rings is 1. The lowest BCUT2D eigenvalue weighted by atomic mass is 9.90. The van der Waals surface area contributed by atoms with E-state index in [1.807, 2.05) is 37.3 Å². The van der Waals surface area contributed by atoms with Gasteiger partial charge in [0.05, 0.1) is 6.04 Å². The summed E-state index contributed by atoms with van der Waals surface area (Å²) in [6.07, 6.45) is 4.36. The molecule has 2 N–H and O–H groups in total. The second kappa shape index (κ2) is 10.1. The van der Waals surface area contributed by atoms with Crippen LogP contribution in [-0.4, -0.2) is 31.0 Å². The van der Waals surface area contributed by atoms with Gasteiger partial charge in [-0.3, -0.25) is 4.79 Å². The first-order chi connectivity index (χ1) is 11.7. The van der Waals surface area contributed by atoms with Gasteiger partial charge in [0, 0.05) is 12.5 Å². The highest BCUT2D eigenvalue weighted by molar-refractivity contribution is 5.86. The normalized spacial score (nSPS) is 20.6. The summed E-state index contributed by atoms with van der Waals surface area (Å²) >= 11 is 0. The zero-order valence-electron chi connectivity index (χ0n) is 14.4. The smallest absolute Gasteiger partial charge is 0.407 e. The van der Waals surface area contributed by atoms with Crippen molar-refractivity contribution in [3.8, 4) is 0 Å². The number of amides is 1. The summed E-state index contributed by atoms with van der Waals surface area (Å²) in [4.78, 5) is 23.6. The second-order valence-corrected chi connectivity index (χ2v) is 6.44. The number of alkyl carbamates (subject to hydrolysis) is 1. The molecule has 24 heavy (non-hydrogen) atoms. The highest BCUT2D eigenvalue weighted by Gasteiger charge is 2.26. The van der Waals surface area contributed by atoms with E-state index in [0.717, 1.165) is 44.2 Å². The fourth-order valence-corrected chi connectivity index (χ4v) is 2.92. The van der Waals surface area contributed by atoms with Gasteiger partial charge in [-0.15, -0.1) is 0 Å². The number of unbranched alkanes of at least 4 members (excludes halogenated alkanes) is 2. The number of hydrogen-bond donors (Lipinski definition) is 2. The van der Waals surface area contributed by atoms with E-state index in [-0.39, 0.29) is 18.1 Å². The number of nitrogens with one attached hydrogen (secondary N) is 2. The van der Waals surface area contributed by atoms with E-state index < -0.39 is 0 Å². The average Bonchev–Trinajstić information content (AvgIpc) is 2.60. The Morgan fingerprint density at radius 3 is 2.83 bits per heavy atom. The lowest BCUT2D eigenvalue weighted by molar-refractivity contribution is -0.126. The molecule has 5 heteroatoms. The van der Waals surface area contributed by atoms with Crippen molar-refractivity contribution in [2.45, 2.75) is 51.7 Å². The molecule has 5 nitrogen and oxygen atoms in total. The Hall–Kier alpha value is -1.88. The molecule has 1 aliphatic heterocycles. The number of Topliss-reactive ketones (excluding diaryl/α,β-unsaturated/α-hetero) is 1. The van der Waals surface area contributed by atoms with Crippen LogP contribution in [-0.2, 0) is 16.1 Å². The maximum Gasteiger partial charge on any atom is 0.407 e. The average molecular weight is 332 g/mol. The van der Waals surface area contributed by atoms with Gasteiger partial charge in [-0.2, -0.15) is 0 Å². The molecule has 1 aromatic carbocycles. The lowest BCUT2D eigenvalue weighted by Crippen LogP contribution is -2.45. The number of rotatable bonds is 8. The standard InChI is InChI=1S/C19H28N2O3/c1-15-11-13-20-17(18(15)22)10-6-3-7-12-21-19(23)24-14-16-8-4-2-5-9-16/h2,4-5,8-9,15,17,20H,3,6-7,10-14H2,1H3,(H,21,23)/t15?,17-/m1/s1. The van der Waals surface area contributed by atoms with Crippen LogP contribution in [0.1, 0.15) is 44.6 Å². The van der Waals surface area contributed by atoms with Crippen molar-refractivity contribution in [1.29, 1.82) is 0 Å². The quantitative estimate of drug-likeness (QED) is 0.718. The Morgan fingerprint density at radius 2 is 2.04 bits per heavy atom. The molecule has 0 saturated carbocycles. The van der Waals surface area contributed by atoms with Crippen LogP contribution in [0.3, 0.4) is 0 Å². The number of benzene rings is 1. The minimum absolute atomic E-state index is 0.0255. The van der Waals surface area contributed by atoms with Gasteiger partial charge in [0.1, 0.15) is 6.61 Å². The SMILES string of the molecule is CC1CCN[C@H](CCCCCNC(=O)OCc2ccccc2)C1=O. The van der Waals surface area contributed by atoms with Crippen LogP contribution >= 0.6 is 0 Å². The zero-order valence-corrected chi connectivity index (χ0v) is 14.4. The number of hydrogen-bond acceptors (Lipinski definition) is 4. The second-order valence-electron chi connectivity index (χ2n) is 6.44. The lowest BCUT2D eigenvalue weighted by Gasteiger charge is -2.26. The Bertz CT molecular complexity index is 519. The Kier molecular flexibility index (Phi) is 7.75. The van der Waals surface area contributed by atoms with E-state index >= 15 is 0 Å². The van der Waals surface area contributed by atoms with E-state index in [9.17, 15) is 9.59 Å². The van der Waals surface area contributed by atoms with E-state index in [1.54, 1.807) is 0 Å². The fourth-order valence-electron chi connectivity index (χ4n) is 2.92. The van der Waals surface area contributed by atoms with E-state index in [4.69, 9.17) is 4.74 Å². The maximum absolute atomic E-state index is 12.0. The summed E-state index contributed by atoms with van der Waals surface area (Å²) in [5.41, 5.74) is 0.978. The molecular formula is C19H28N2O3. The summed E-state index contributed by atoms with van der Waals surface area (Å²) in [6, 6.07) is 9.65. The Balaban J connectivity index is 1.49. The summed E-state index contributed by atoms with van der Waals surface area (Å²) in [7, 11) is 0. The maximum atomic E-state index is 12.0. The fraction of sp³-hybridized carbons (Fsp3) is 0.579. The summed E-state index contributed by atoms with van der Waals surface area (Å²) in [5, 5.41) is 6.06. The van der Waals surface area contributed by atoms with Crippen LogP contribution in [0.25, 0.3) is 0 Å². The predicted molar refractivity (Wildman–Crippen MR) is 93.7 cm³/mol. The minimum Gasteiger partial charge on any atom is -0.445 e. The molecule has 0 aromatic heterocycles. The van der Waals surface area contributed by atoms with Crippen molar-refractivity contribution in [2.24, 2.45) is 5.92 Å². The van der Waals surface area contributed by atoms with Crippen molar-refractivity contribution < 1.29 is 14.3 Å². The number of carbonyl (C=O) groups is 2. The van der Waals surface area contributed by atoms with Gasteiger partial charge in [0.15, 0.2) is 5.78 Å². The molecule has 0 aliphatic carbocycles. The number of carbonyl (C=O) groups excluding carboxylic acids is 2.